The third kappa shape index (κ3) is 3.94. The van der Waals surface area contributed by atoms with Crippen LogP contribution in [0.4, 0.5) is 5.69 Å². The summed E-state index contributed by atoms with van der Waals surface area (Å²) >= 11 is 1.79. The van der Waals surface area contributed by atoms with E-state index in [2.05, 4.69) is 28.4 Å². The lowest BCUT2D eigenvalue weighted by atomic mass is 9.99. The van der Waals surface area contributed by atoms with Crippen molar-refractivity contribution >= 4 is 33.1 Å². The van der Waals surface area contributed by atoms with Crippen molar-refractivity contribution in [2.45, 2.75) is 25.7 Å². The first-order valence-corrected chi connectivity index (χ1v) is 9.93. The first kappa shape index (κ1) is 17.2. The summed E-state index contributed by atoms with van der Waals surface area (Å²) in [5, 5.41) is 4.22. The van der Waals surface area contributed by atoms with E-state index in [-0.39, 0.29) is 5.91 Å². The minimum Gasteiger partial charge on any atom is -0.325 e. The maximum absolute atomic E-state index is 12.4. The molecule has 2 heterocycles. The highest BCUT2D eigenvalue weighted by Crippen LogP contribution is 2.32. The van der Waals surface area contributed by atoms with Crippen LogP contribution in [0.5, 0.6) is 0 Å². The molecule has 1 N–H and O–H groups in total. The molecular weight excluding hydrogens is 342 g/mol. The molecule has 3 aromatic rings. The molecule has 1 saturated heterocycles. The molecule has 1 atom stereocenters. The maximum atomic E-state index is 12.4. The van der Waals surface area contributed by atoms with E-state index < -0.39 is 0 Å². The number of fused-ring (bicyclic) bond motifs is 1. The molecule has 0 unspecified atom stereocenters. The molecule has 0 spiro atoms. The Bertz CT molecular complexity index is 887. The van der Waals surface area contributed by atoms with Crippen LogP contribution in [0.25, 0.3) is 10.2 Å². The summed E-state index contributed by atoms with van der Waals surface area (Å²) in [6.45, 7) is 4.35. The number of nitrogens with zero attached hydrogens (tertiary/aromatic N) is 2. The molecule has 134 valence electrons. The van der Waals surface area contributed by atoms with Crippen LogP contribution in [0.2, 0.25) is 0 Å². The molecule has 0 radical (unpaired) electrons. The third-order valence-electron chi connectivity index (χ3n) is 4.83. The second-order valence-corrected chi connectivity index (χ2v) is 8.07. The predicted octanol–water partition coefficient (Wildman–Crippen LogP) is 4.42. The Morgan fingerprint density at radius 2 is 2.15 bits per heavy atom. The lowest BCUT2D eigenvalue weighted by molar-refractivity contribution is -0.117. The average molecular weight is 366 g/mol. The molecule has 2 aromatic carbocycles. The summed E-state index contributed by atoms with van der Waals surface area (Å²) in [7, 11) is 0. The third-order valence-corrected chi connectivity index (χ3v) is 6.03. The highest BCUT2D eigenvalue weighted by atomic mass is 32.1. The molecule has 0 saturated carbocycles. The molecule has 4 rings (SSSR count). The van der Waals surface area contributed by atoms with E-state index in [9.17, 15) is 4.79 Å². The van der Waals surface area contributed by atoms with Gasteiger partial charge in [0, 0.05) is 18.2 Å². The van der Waals surface area contributed by atoms with Gasteiger partial charge >= 0.3 is 0 Å². The van der Waals surface area contributed by atoms with Crippen LogP contribution in [0.15, 0.2) is 48.5 Å². The number of anilines is 1. The summed E-state index contributed by atoms with van der Waals surface area (Å²) in [6, 6.07) is 16.2. The summed E-state index contributed by atoms with van der Waals surface area (Å²) in [4.78, 5) is 19.5. The van der Waals surface area contributed by atoms with Gasteiger partial charge < -0.3 is 5.32 Å². The number of carbonyl (C=O) groups is 1. The normalized spacial score (nSPS) is 18.1. The number of rotatable bonds is 4. The van der Waals surface area contributed by atoms with Gasteiger partial charge in [-0.25, -0.2) is 4.98 Å². The largest absolute Gasteiger partial charge is 0.325 e. The van der Waals surface area contributed by atoms with Crippen molar-refractivity contribution in [3.05, 3.63) is 59.1 Å². The second kappa shape index (κ2) is 7.56. The number of thiazole rings is 1. The summed E-state index contributed by atoms with van der Waals surface area (Å²) < 4.78 is 1.25. The summed E-state index contributed by atoms with van der Waals surface area (Å²) in [5.41, 5.74) is 3.10. The van der Waals surface area contributed by atoms with Crippen molar-refractivity contribution in [2.24, 2.45) is 0 Å². The van der Waals surface area contributed by atoms with Crippen LogP contribution >= 0.6 is 11.3 Å². The number of para-hydroxylation sites is 1. The summed E-state index contributed by atoms with van der Waals surface area (Å²) in [5.74, 6) is 0.480. The molecule has 1 aromatic heterocycles. The van der Waals surface area contributed by atoms with Gasteiger partial charge in [-0.2, -0.15) is 0 Å². The Labute approximate surface area is 157 Å². The SMILES string of the molecule is Cc1cccc(NC(=O)CN2CCC[C@@H](c3nc4ccccc4s3)C2)c1. The zero-order valence-electron chi connectivity index (χ0n) is 14.9. The van der Waals surface area contributed by atoms with Crippen molar-refractivity contribution in [3.8, 4) is 0 Å². The molecule has 0 bridgehead atoms. The van der Waals surface area contributed by atoms with Crippen molar-refractivity contribution < 1.29 is 4.79 Å². The van der Waals surface area contributed by atoms with Gasteiger partial charge in [0.15, 0.2) is 0 Å². The Morgan fingerprint density at radius 1 is 1.27 bits per heavy atom. The van der Waals surface area contributed by atoms with Gasteiger partial charge in [0.05, 0.1) is 21.8 Å². The van der Waals surface area contributed by atoms with Gasteiger partial charge in [0.25, 0.3) is 0 Å². The fourth-order valence-corrected chi connectivity index (χ4v) is 4.69. The first-order valence-electron chi connectivity index (χ1n) is 9.12. The number of hydrogen-bond acceptors (Lipinski definition) is 4. The number of likely N-dealkylation sites (tertiary alicyclic amines) is 1. The number of piperidine rings is 1. The predicted molar refractivity (Wildman–Crippen MR) is 108 cm³/mol. The molecular formula is C21H23N3OS. The van der Waals surface area contributed by atoms with Crippen LogP contribution in [0.3, 0.4) is 0 Å². The number of benzene rings is 2. The first-order chi connectivity index (χ1) is 12.7. The van der Waals surface area contributed by atoms with E-state index in [0.29, 0.717) is 12.5 Å². The van der Waals surface area contributed by atoms with E-state index >= 15 is 0 Å². The zero-order valence-corrected chi connectivity index (χ0v) is 15.8. The quantitative estimate of drug-likeness (QED) is 0.744. The molecule has 4 nitrogen and oxygen atoms in total. The minimum atomic E-state index is 0.0561. The highest BCUT2D eigenvalue weighted by molar-refractivity contribution is 7.18. The van der Waals surface area contributed by atoms with Gasteiger partial charge in [-0.15, -0.1) is 11.3 Å². The molecule has 26 heavy (non-hydrogen) atoms. The van der Waals surface area contributed by atoms with Crippen molar-refractivity contribution in [1.82, 2.24) is 9.88 Å². The highest BCUT2D eigenvalue weighted by Gasteiger charge is 2.25. The topological polar surface area (TPSA) is 45.2 Å². The lowest BCUT2D eigenvalue weighted by Crippen LogP contribution is -2.39. The number of amides is 1. The van der Waals surface area contributed by atoms with Crippen LogP contribution in [0, 0.1) is 6.92 Å². The Balaban J connectivity index is 1.39. The van der Waals surface area contributed by atoms with E-state index in [0.717, 1.165) is 42.7 Å². The van der Waals surface area contributed by atoms with Gasteiger partial charge in [-0.1, -0.05) is 24.3 Å². The Hall–Kier alpha value is -2.24. The van der Waals surface area contributed by atoms with Crippen molar-refractivity contribution in [3.63, 3.8) is 0 Å². The van der Waals surface area contributed by atoms with Crippen molar-refractivity contribution in [1.29, 1.82) is 0 Å². The van der Waals surface area contributed by atoms with Crippen LogP contribution in [-0.4, -0.2) is 35.4 Å². The number of hydrogen-bond donors (Lipinski definition) is 1. The standard InChI is InChI=1S/C21H23N3OS/c1-15-6-4-8-17(12-15)22-20(25)14-24-11-5-7-16(13-24)21-23-18-9-2-3-10-19(18)26-21/h2-4,6,8-10,12,16H,5,7,11,13-14H2,1H3,(H,22,25)/t16-/m1/s1. The average Bonchev–Trinajstić information content (AvgIpc) is 3.06. The van der Waals surface area contributed by atoms with Gasteiger partial charge in [0.2, 0.25) is 5.91 Å². The lowest BCUT2D eigenvalue weighted by Gasteiger charge is -2.31. The van der Waals surface area contributed by atoms with E-state index in [1.807, 2.05) is 37.3 Å². The van der Waals surface area contributed by atoms with Gasteiger partial charge in [0.1, 0.15) is 0 Å². The Kier molecular flexibility index (Phi) is 5.00. The molecule has 5 heteroatoms. The maximum Gasteiger partial charge on any atom is 0.238 e. The van der Waals surface area contributed by atoms with Gasteiger partial charge in [-0.3, -0.25) is 9.69 Å². The fourth-order valence-electron chi connectivity index (χ4n) is 3.59. The van der Waals surface area contributed by atoms with E-state index in [4.69, 9.17) is 4.98 Å². The summed E-state index contributed by atoms with van der Waals surface area (Å²) in [6.07, 6.45) is 2.26. The number of nitrogens with one attached hydrogen (secondary N) is 1. The molecule has 0 aliphatic carbocycles. The fraction of sp³-hybridized carbons (Fsp3) is 0.333. The van der Waals surface area contributed by atoms with E-state index in [1.165, 1.54) is 9.71 Å². The van der Waals surface area contributed by atoms with Crippen LogP contribution < -0.4 is 5.32 Å². The molecule has 1 aliphatic heterocycles. The smallest absolute Gasteiger partial charge is 0.238 e. The minimum absolute atomic E-state index is 0.0561. The second-order valence-electron chi connectivity index (χ2n) is 7.01. The number of aromatic nitrogens is 1. The monoisotopic (exact) mass is 365 g/mol. The molecule has 1 fully saturated rings. The number of carbonyl (C=O) groups excluding carboxylic acids is 1. The van der Waals surface area contributed by atoms with Crippen LogP contribution in [0.1, 0.15) is 29.3 Å². The zero-order chi connectivity index (χ0) is 17.9. The van der Waals surface area contributed by atoms with E-state index in [1.54, 1.807) is 11.3 Å². The van der Waals surface area contributed by atoms with Gasteiger partial charge in [-0.05, 0) is 56.1 Å². The number of aryl methyl sites for hydroxylation is 1. The molecule has 1 amide bonds. The van der Waals surface area contributed by atoms with Crippen LogP contribution in [-0.2, 0) is 4.79 Å². The molecule has 1 aliphatic rings. The Morgan fingerprint density at radius 3 is 3.00 bits per heavy atom. The van der Waals surface area contributed by atoms with Crippen molar-refractivity contribution in [2.75, 3.05) is 25.0 Å².